The van der Waals surface area contributed by atoms with Crippen LogP contribution >= 0.6 is 0 Å². The van der Waals surface area contributed by atoms with Crippen molar-refractivity contribution in [1.29, 1.82) is 0 Å². The Hall–Kier alpha value is -0.870. The van der Waals surface area contributed by atoms with Crippen molar-refractivity contribution >= 4 is 5.91 Å². The maximum Gasteiger partial charge on any atom is 0.237 e. The molecule has 4 nitrogen and oxygen atoms in total. The molecule has 0 radical (unpaired) electrons. The molecule has 1 unspecified atom stereocenters. The first-order chi connectivity index (χ1) is 9.67. The molecule has 0 aromatic rings. The highest BCUT2D eigenvalue weighted by molar-refractivity contribution is 5.82. The highest BCUT2D eigenvalue weighted by Crippen LogP contribution is 2.29. The highest BCUT2D eigenvalue weighted by atomic mass is 16.2. The van der Waals surface area contributed by atoms with Gasteiger partial charge in [-0.15, -0.1) is 6.58 Å². The van der Waals surface area contributed by atoms with E-state index >= 15 is 0 Å². The normalized spacial score (nSPS) is 19.3. The monoisotopic (exact) mass is 281 g/mol. The molecule has 0 saturated heterocycles. The van der Waals surface area contributed by atoms with Gasteiger partial charge in [0.1, 0.15) is 0 Å². The topological polar surface area (TPSA) is 67.2 Å². The van der Waals surface area contributed by atoms with Crippen LogP contribution in [0.5, 0.6) is 0 Å². The van der Waals surface area contributed by atoms with Gasteiger partial charge in [-0.3, -0.25) is 4.79 Å². The lowest BCUT2D eigenvalue weighted by Crippen LogP contribution is -2.54. The fourth-order valence-electron chi connectivity index (χ4n) is 2.97. The van der Waals surface area contributed by atoms with E-state index in [0.29, 0.717) is 0 Å². The lowest BCUT2D eigenvalue weighted by Gasteiger charge is -2.36. The first kappa shape index (κ1) is 17.2. The number of hydrogen-bond donors (Lipinski definition) is 3. The molecule has 0 aliphatic heterocycles. The average Bonchev–Trinajstić information content (AvgIpc) is 2.48. The first-order valence-electron chi connectivity index (χ1n) is 8.00. The molecule has 1 saturated carbocycles. The number of amides is 1. The van der Waals surface area contributed by atoms with Crippen LogP contribution in [-0.4, -0.2) is 31.1 Å². The molecule has 1 aliphatic rings. The third-order valence-electron chi connectivity index (χ3n) is 4.37. The van der Waals surface area contributed by atoms with Crippen molar-refractivity contribution in [3.05, 3.63) is 12.7 Å². The minimum absolute atomic E-state index is 0.105. The number of nitrogens with two attached hydrogens (primary N) is 1. The molecule has 20 heavy (non-hydrogen) atoms. The zero-order chi connectivity index (χ0) is 14.8. The van der Waals surface area contributed by atoms with Gasteiger partial charge in [-0.05, 0) is 39.3 Å². The fourth-order valence-corrected chi connectivity index (χ4v) is 2.97. The molecule has 1 atom stereocenters. The second-order valence-electron chi connectivity index (χ2n) is 5.89. The van der Waals surface area contributed by atoms with E-state index in [-0.39, 0.29) is 17.5 Å². The van der Waals surface area contributed by atoms with Crippen LogP contribution in [0.1, 0.15) is 57.8 Å². The van der Waals surface area contributed by atoms with Crippen molar-refractivity contribution in [3.63, 3.8) is 0 Å². The predicted molar refractivity (Wildman–Crippen MR) is 84.5 cm³/mol. The first-order valence-corrected chi connectivity index (χ1v) is 8.00. The van der Waals surface area contributed by atoms with Gasteiger partial charge in [0, 0.05) is 0 Å². The van der Waals surface area contributed by atoms with E-state index in [0.717, 1.165) is 45.1 Å². The minimum atomic E-state index is -0.179. The summed E-state index contributed by atoms with van der Waals surface area (Å²) in [6, 6.07) is -0.105. The van der Waals surface area contributed by atoms with Gasteiger partial charge in [-0.1, -0.05) is 38.2 Å². The number of nitrogens with one attached hydrogen (secondary N) is 2. The summed E-state index contributed by atoms with van der Waals surface area (Å²) in [6.45, 7) is 4.66. The van der Waals surface area contributed by atoms with Gasteiger partial charge in [-0.2, -0.15) is 0 Å². The Morgan fingerprint density at radius 1 is 1.30 bits per heavy atom. The molecule has 1 fully saturated rings. The largest absolute Gasteiger partial charge is 0.346 e. The summed E-state index contributed by atoms with van der Waals surface area (Å²) in [5.74, 6) is 0.113. The number of carbonyl (C=O) groups is 1. The average molecular weight is 281 g/mol. The van der Waals surface area contributed by atoms with Crippen LogP contribution in [0.15, 0.2) is 12.7 Å². The summed E-state index contributed by atoms with van der Waals surface area (Å²) in [7, 11) is 1.86. The number of carbonyl (C=O) groups excluding carboxylic acids is 1. The predicted octanol–water partition coefficient (Wildman–Crippen LogP) is 2.10. The van der Waals surface area contributed by atoms with Crippen molar-refractivity contribution in [2.45, 2.75) is 69.4 Å². The van der Waals surface area contributed by atoms with E-state index in [4.69, 9.17) is 5.73 Å². The van der Waals surface area contributed by atoms with Crippen molar-refractivity contribution in [2.75, 3.05) is 13.6 Å². The van der Waals surface area contributed by atoms with E-state index < -0.39 is 0 Å². The van der Waals surface area contributed by atoms with Crippen LogP contribution in [0.4, 0.5) is 0 Å². The Balaban J connectivity index is 2.46. The summed E-state index contributed by atoms with van der Waals surface area (Å²) in [4.78, 5) is 12.4. The molecule has 0 aromatic carbocycles. The summed E-state index contributed by atoms with van der Waals surface area (Å²) < 4.78 is 0. The summed E-state index contributed by atoms with van der Waals surface area (Å²) >= 11 is 0. The van der Waals surface area contributed by atoms with Crippen molar-refractivity contribution < 1.29 is 4.79 Å². The van der Waals surface area contributed by atoms with Crippen LogP contribution < -0.4 is 16.4 Å². The second-order valence-corrected chi connectivity index (χ2v) is 5.89. The summed E-state index contributed by atoms with van der Waals surface area (Å²) in [5.41, 5.74) is 5.31. The molecular formula is C16H31N3O. The van der Waals surface area contributed by atoms with Crippen molar-refractivity contribution in [1.82, 2.24) is 10.6 Å². The second kappa shape index (κ2) is 9.14. The molecule has 4 heteroatoms. The van der Waals surface area contributed by atoms with Crippen LogP contribution in [0.2, 0.25) is 0 Å². The summed E-state index contributed by atoms with van der Waals surface area (Å²) in [6.07, 6.45) is 11.6. The van der Waals surface area contributed by atoms with E-state index in [2.05, 4.69) is 17.2 Å². The maximum absolute atomic E-state index is 12.4. The Morgan fingerprint density at radius 3 is 2.55 bits per heavy atom. The van der Waals surface area contributed by atoms with E-state index in [1.54, 1.807) is 0 Å². The lowest BCUT2D eigenvalue weighted by atomic mass is 9.81. The molecule has 1 amide bonds. The molecule has 4 N–H and O–H groups in total. The van der Waals surface area contributed by atoms with Crippen LogP contribution in [0, 0.1) is 0 Å². The SMILES string of the molecule is C=CC1(NC(=O)C(CCCCCN)NC)CCCCC1. The highest BCUT2D eigenvalue weighted by Gasteiger charge is 2.32. The fraction of sp³-hybridized carbons (Fsp3) is 0.812. The van der Waals surface area contributed by atoms with Gasteiger partial charge in [0.15, 0.2) is 0 Å². The van der Waals surface area contributed by atoms with E-state index in [9.17, 15) is 4.79 Å². The number of hydrogen-bond acceptors (Lipinski definition) is 3. The van der Waals surface area contributed by atoms with E-state index in [1.165, 1.54) is 19.3 Å². The number of rotatable bonds is 9. The van der Waals surface area contributed by atoms with Crippen LogP contribution in [0.3, 0.4) is 0 Å². The standard InChI is InChI=1S/C16H31N3O/c1-3-16(11-7-5-8-12-16)19-15(20)14(18-2)10-6-4-9-13-17/h3,14,18H,1,4-13,17H2,2H3,(H,19,20). The van der Waals surface area contributed by atoms with Gasteiger partial charge in [0.2, 0.25) is 5.91 Å². The van der Waals surface area contributed by atoms with E-state index in [1.807, 2.05) is 13.1 Å². The Morgan fingerprint density at radius 2 is 2.00 bits per heavy atom. The Kier molecular flexibility index (Phi) is 7.85. The van der Waals surface area contributed by atoms with Gasteiger partial charge in [-0.25, -0.2) is 0 Å². The third kappa shape index (κ3) is 5.25. The van der Waals surface area contributed by atoms with Gasteiger partial charge in [0.25, 0.3) is 0 Å². The van der Waals surface area contributed by atoms with Gasteiger partial charge < -0.3 is 16.4 Å². The molecule has 1 rings (SSSR count). The quantitative estimate of drug-likeness (QED) is 0.448. The third-order valence-corrected chi connectivity index (χ3v) is 4.37. The number of unbranched alkanes of at least 4 members (excludes halogenated alkanes) is 2. The Labute approximate surface area is 123 Å². The van der Waals surface area contributed by atoms with Crippen LogP contribution in [-0.2, 0) is 4.79 Å². The molecule has 116 valence electrons. The van der Waals surface area contributed by atoms with Crippen molar-refractivity contribution in [3.8, 4) is 0 Å². The Bertz CT molecular complexity index is 298. The molecule has 0 spiro atoms. The van der Waals surface area contributed by atoms with Crippen LogP contribution in [0.25, 0.3) is 0 Å². The van der Waals surface area contributed by atoms with Gasteiger partial charge in [0.05, 0.1) is 11.6 Å². The molecule has 1 aliphatic carbocycles. The smallest absolute Gasteiger partial charge is 0.237 e. The molecule has 0 aromatic heterocycles. The minimum Gasteiger partial charge on any atom is -0.346 e. The molecule has 0 heterocycles. The maximum atomic E-state index is 12.4. The van der Waals surface area contributed by atoms with Gasteiger partial charge >= 0.3 is 0 Å². The molecular weight excluding hydrogens is 250 g/mol. The lowest BCUT2D eigenvalue weighted by molar-refractivity contribution is -0.125. The summed E-state index contributed by atoms with van der Waals surface area (Å²) in [5, 5.41) is 6.36. The zero-order valence-corrected chi connectivity index (χ0v) is 12.9. The molecule has 0 bridgehead atoms. The number of likely N-dealkylation sites (N-methyl/N-ethyl adjacent to an activating group) is 1. The van der Waals surface area contributed by atoms with Crippen molar-refractivity contribution in [2.24, 2.45) is 5.73 Å². The zero-order valence-electron chi connectivity index (χ0n) is 12.9.